The van der Waals surface area contributed by atoms with Crippen LogP contribution in [0.5, 0.6) is 0 Å². The monoisotopic (exact) mass is 242 g/mol. The smallest absolute Gasteiger partial charge is 0.404 e. The van der Waals surface area contributed by atoms with Crippen LogP contribution in [0.4, 0.5) is 4.79 Å². The lowest BCUT2D eigenvalue weighted by molar-refractivity contribution is -0.126. The summed E-state index contributed by atoms with van der Waals surface area (Å²) in [5.41, 5.74) is 5.18. The van der Waals surface area contributed by atoms with Crippen LogP contribution in [-0.4, -0.2) is 25.2 Å². The van der Waals surface area contributed by atoms with Gasteiger partial charge in [0.25, 0.3) is 0 Å². The molecular formula is C12H22N2O3. The fraction of sp³-hybridized carbons (Fsp3) is 0.833. The topological polar surface area (TPSA) is 81.4 Å². The molecule has 0 radical (unpaired) electrons. The van der Waals surface area contributed by atoms with Crippen molar-refractivity contribution in [3.63, 3.8) is 0 Å². The Bertz CT molecular complexity index is 279. The highest BCUT2D eigenvalue weighted by atomic mass is 16.5. The predicted octanol–water partition coefficient (Wildman–Crippen LogP) is 1.41. The van der Waals surface area contributed by atoms with Crippen LogP contribution in [0.25, 0.3) is 0 Å². The average molecular weight is 242 g/mol. The van der Waals surface area contributed by atoms with Crippen molar-refractivity contribution in [1.82, 2.24) is 5.32 Å². The van der Waals surface area contributed by atoms with E-state index >= 15 is 0 Å². The lowest BCUT2D eigenvalue weighted by Crippen LogP contribution is -2.36. The van der Waals surface area contributed by atoms with E-state index in [0.717, 1.165) is 25.7 Å². The molecule has 1 aliphatic carbocycles. The van der Waals surface area contributed by atoms with Crippen LogP contribution in [0.3, 0.4) is 0 Å². The molecule has 5 heteroatoms. The molecule has 0 aliphatic heterocycles. The van der Waals surface area contributed by atoms with Crippen molar-refractivity contribution in [3.8, 4) is 0 Å². The van der Waals surface area contributed by atoms with Crippen LogP contribution in [0, 0.1) is 11.3 Å². The molecule has 3 N–H and O–H groups in total. The van der Waals surface area contributed by atoms with Crippen LogP contribution >= 0.6 is 0 Å². The van der Waals surface area contributed by atoms with Crippen LogP contribution in [0.2, 0.25) is 0 Å². The molecule has 2 amide bonds. The van der Waals surface area contributed by atoms with Gasteiger partial charge in [0.05, 0.1) is 6.54 Å². The molecule has 0 atom stereocenters. The van der Waals surface area contributed by atoms with Gasteiger partial charge in [-0.15, -0.1) is 0 Å². The highest BCUT2D eigenvalue weighted by Gasteiger charge is 2.30. The van der Waals surface area contributed by atoms with Crippen molar-refractivity contribution in [1.29, 1.82) is 0 Å². The van der Waals surface area contributed by atoms with Gasteiger partial charge in [0.1, 0.15) is 6.61 Å². The van der Waals surface area contributed by atoms with E-state index in [-0.39, 0.29) is 18.4 Å². The van der Waals surface area contributed by atoms with Crippen LogP contribution in [0.15, 0.2) is 0 Å². The van der Waals surface area contributed by atoms with Crippen molar-refractivity contribution >= 4 is 12.0 Å². The van der Waals surface area contributed by atoms with E-state index in [4.69, 9.17) is 5.73 Å². The molecule has 98 valence electrons. The number of carbonyl (C=O) groups excluding carboxylic acids is 2. The van der Waals surface area contributed by atoms with Crippen molar-refractivity contribution in [2.45, 2.75) is 39.5 Å². The summed E-state index contributed by atoms with van der Waals surface area (Å²) in [6.45, 7) is 4.95. The van der Waals surface area contributed by atoms with Crippen LogP contribution in [-0.2, 0) is 9.53 Å². The summed E-state index contributed by atoms with van der Waals surface area (Å²) in [4.78, 5) is 22.1. The second-order valence-electron chi connectivity index (χ2n) is 5.40. The molecule has 0 bridgehead atoms. The summed E-state index contributed by atoms with van der Waals surface area (Å²) in [5.74, 6) is 0.171. The number of hydrogen-bond donors (Lipinski definition) is 2. The van der Waals surface area contributed by atoms with Crippen molar-refractivity contribution in [3.05, 3.63) is 0 Å². The molecule has 0 aromatic rings. The highest BCUT2D eigenvalue weighted by molar-refractivity contribution is 5.78. The van der Waals surface area contributed by atoms with E-state index in [1.54, 1.807) is 0 Å². The Morgan fingerprint density at radius 1 is 1.35 bits per heavy atom. The van der Waals surface area contributed by atoms with Crippen molar-refractivity contribution in [2.75, 3.05) is 13.2 Å². The molecule has 0 heterocycles. The third-order valence-electron chi connectivity index (χ3n) is 3.36. The van der Waals surface area contributed by atoms with Gasteiger partial charge in [-0.25, -0.2) is 4.79 Å². The number of carbonyl (C=O) groups is 2. The molecule has 1 aliphatic rings. The third-order valence-corrected chi connectivity index (χ3v) is 3.36. The second kappa shape index (κ2) is 5.89. The number of rotatable bonds is 4. The Morgan fingerprint density at radius 3 is 2.47 bits per heavy atom. The number of nitrogens with two attached hydrogens (primary N) is 1. The number of amides is 2. The van der Waals surface area contributed by atoms with E-state index in [0.29, 0.717) is 12.0 Å². The molecule has 0 aromatic heterocycles. The van der Waals surface area contributed by atoms with Gasteiger partial charge in [-0.2, -0.15) is 0 Å². The maximum Gasteiger partial charge on any atom is 0.404 e. The summed E-state index contributed by atoms with van der Waals surface area (Å²) in [5, 5.41) is 2.76. The number of hydrogen-bond acceptors (Lipinski definition) is 3. The van der Waals surface area contributed by atoms with Crippen molar-refractivity contribution < 1.29 is 14.3 Å². The zero-order valence-corrected chi connectivity index (χ0v) is 10.6. The number of ether oxygens (including phenoxy) is 1. The first-order valence-corrected chi connectivity index (χ1v) is 6.11. The van der Waals surface area contributed by atoms with Gasteiger partial charge in [-0.3, -0.25) is 4.79 Å². The molecular weight excluding hydrogens is 220 g/mol. The van der Waals surface area contributed by atoms with E-state index in [9.17, 15) is 9.59 Å². The van der Waals surface area contributed by atoms with Gasteiger partial charge in [-0.1, -0.05) is 13.8 Å². The Balaban J connectivity index is 2.18. The number of primary amides is 1. The molecule has 0 unspecified atom stereocenters. The first kappa shape index (κ1) is 13.8. The lowest BCUT2D eigenvalue weighted by atomic mass is 9.73. The molecule has 1 saturated carbocycles. The quantitative estimate of drug-likeness (QED) is 0.731. The third kappa shape index (κ3) is 5.06. The van der Waals surface area contributed by atoms with Crippen LogP contribution in [0.1, 0.15) is 39.5 Å². The highest BCUT2D eigenvalue weighted by Crippen LogP contribution is 2.37. The zero-order chi connectivity index (χ0) is 12.9. The molecule has 1 rings (SSSR count). The first-order valence-electron chi connectivity index (χ1n) is 6.11. The molecule has 17 heavy (non-hydrogen) atoms. The Morgan fingerprint density at radius 2 is 1.94 bits per heavy atom. The SMILES string of the molecule is CC1(C)CCC(C(=O)NCCOC(N)=O)CC1. The zero-order valence-electron chi connectivity index (χ0n) is 10.6. The largest absolute Gasteiger partial charge is 0.448 e. The Hall–Kier alpha value is -1.26. The van der Waals surface area contributed by atoms with E-state index in [1.165, 1.54) is 0 Å². The van der Waals surface area contributed by atoms with Gasteiger partial charge >= 0.3 is 6.09 Å². The molecule has 0 aromatic carbocycles. The summed E-state index contributed by atoms with van der Waals surface area (Å²) in [6, 6.07) is 0. The normalized spacial score (nSPS) is 19.6. The predicted molar refractivity (Wildman–Crippen MR) is 64.3 cm³/mol. The Kier molecular flexibility index (Phi) is 4.78. The summed E-state index contributed by atoms with van der Waals surface area (Å²) >= 11 is 0. The first-order chi connectivity index (χ1) is 7.91. The summed E-state index contributed by atoms with van der Waals surface area (Å²) < 4.78 is 4.54. The fourth-order valence-electron chi connectivity index (χ4n) is 2.13. The Labute approximate surface area is 102 Å². The lowest BCUT2D eigenvalue weighted by Gasteiger charge is -2.33. The fourth-order valence-corrected chi connectivity index (χ4v) is 2.13. The van der Waals surface area contributed by atoms with E-state index < -0.39 is 6.09 Å². The summed E-state index contributed by atoms with van der Waals surface area (Å²) in [7, 11) is 0. The molecule has 0 spiro atoms. The minimum absolute atomic E-state index is 0.0635. The molecule has 0 saturated heterocycles. The maximum absolute atomic E-state index is 11.8. The minimum atomic E-state index is -0.807. The van der Waals surface area contributed by atoms with Gasteiger partial charge in [-0.05, 0) is 31.1 Å². The standard InChI is InChI=1S/C12H22N2O3/c1-12(2)5-3-9(4-6-12)10(15)14-7-8-17-11(13)16/h9H,3-8H2,1-2H3,(H2,13,16)(H,14,15). The second-order valence-corrected chi connectivity index (χ2v) is 5.40. The van der Waals surface area contributed by atoms with Gasteiger partial charge in [0, 0.05) is 5.92 Å². The molecule has 1 fully saturated rings. The summed E-state index contributed by atoms with van der Waals surface area (Å²) in [6.07, 6.45) is 3.25. The van der Waals surface area contributed by atoms with Gasteiger partial charge in [0.2, 0.25) is 5.91 Å². The average Bonchev–Trinajstić information content (AvgIpc) is 2.23. The molecule has 5 nitrogen and oxygen atoms in total. The van der Waals surface area contributed by atoms with Crippen LogP contribution < -0.4 is 11.1 Å². The number of nitrogens with one attached hydrogen (secondary N) is 1. The van der Waals surface area contributed by atoms with E-state index in [2.05, 4.69) is 23.9 Å². The van der Waals surface area contributed by atoms with E-state index in [1.807, 2.05) is 0 Å². The maximum atomic E-state index is 11.8. The van der Waals surface area contributed by atoms with Crippen molar-refractivity contribution in [2.24, 2.45) is 17.1 Å². The van der Waals surface area contributed by atoms with Gasteiger partial charge in [0.15, 0.2) is 0 Å². The van der Waals surface area contributed by atoms with Gasteiger partial charge < -0.3 is 15.8 Å². The minimum Gasteiger partial charge on any atom is -0.448 e.